The van der Waals surface area contributed by atoms with Crippen LogP contribution in [0.15, 0.2) is 24.3 Å². The Morgan fingerprint density at radius 3 is 2.48 bits per heavy atom. The molecule has 2 rings (SSSR count). The number of hydrogen-bond donors (Lipinski definition) is 1. The molecule has 0 amide bonds. The summed E-state index contributed by atoms with van der Waals surface area (Å²) in [5.41, 5.74) is 2.76. The van der Waals surface area contributed by atoms with Gasteiger partial charge in [0.05, 0.1) is 12.2 Å². The van der Waals surface area contributed by atoms with E-state index in [4.69, 9.17) is 4.74 Å². The lowest BCUT2D eigenvalue weighted by Crippen LogP contribution is -2.21. The number of rotatable bonds is 5. The van der Waals surface area contributed by atoms with Gasteiger partial charge in [-0.2, -0.15) is 0 Å². The Morgan fingerprint density at radius 2 is 1.90 bits per heavy atom. The molecular formula is C19H30O2. The van der Waals surface area contributed by atoms with Gasteiger partial charge in [-0.1, -0.05) is 45.0 Å². The summed E-state index contributed by atoms with van der Waals surface area (Å²) in [6, 6.07) is 8.68. The molecule has 2 nitrogen and oxygen atoms in total. The number of aliphatic hydroxyl groups excluding tert-OH is 1. The average Bonchev–Trinajstić information content (AvgIpc) is 2.46. The van der Waals surface area contributed by atoms with E-state index in [1.54, 1.807) is 0 Å². The van der Waals surface area contributed by atoms with Crippen molar-refractivity contribution in [3.63, 3.8) is 0 Å². The number of aliphatic hydroxyl groups is 1. The maximum Gasteiger partial charge on any atom is 0.0581 e. The van der Waals surface area contributed by atoms with Crippen LogP contribution < -0.4 is 0 Å². The molecule has 0 bridgehead atoms. The van der Waals surface area contributed by atoms with Crippen LogP contribution in [-0.4, -0.2) is 23.9 Å². The Labute approximate surface area is 129 Å². The SMILES string of the molecule is CC(C)(C)c1ccc(CC(O)CCC2CCCCO2)cc1. The van der Waals surface area contributed by atoms with E-state index in [2.05, 4.69) is 45.0 Å². The van der Waals surface area contributed by atoms with Gasteiger partial charge in [0.25, 0.3) is 0 Å². The fraction of sp³-hybridized carbons (Fsp3) is 0.684. The summed E-state index contributed by atoms with van der Waals surface area (Å²) in [4.78, 5) is 0. The van der Waals surface area contributed by atoms with Crippen LogP contribution in [0.1, 0.15) is 64.0 Å². The Morgan fingerprint density at radius 1 is 1.19 bits per heavy atom. The van der Waals surface area contributed by atoms with Crippen LogP contribution in [0.5, 0.6) is 0 Å². The molecule has 0 saturated carbocycles. The lowest BCUT2D eigenvalue weighted by Gasteiger charge is -2.23. The first kappa shape index (κ1) is 16.5. The molecule has 1 aliphatic rings. The Bertz CT molecular complexity index is 410. The van der Waals surface area contributed by atoms with E-state index >= 15 is 0 Å². The lowest BCUT2D eigenvalue weighted by atomic mass is 9.86. The van der Waals surface area contributed by atoms with Crippen molar-refractivity contribution in [2.45, 2.75) is 76.9 Å². The minimum Gasteiger partial charge on any atom is -0.393 e. The molecule has 1 saturated heterocycles. The standard InChI is InChI=1S/C19H30O2/c1-19(2,3)16-9-7-15(8-10-16)14-17(20)11-12-18-6-4-5-13-21-18/h7-10,17-18,20H,4-6,11-14H2,1-3H3. The molecule has 2 atom stereocenters. The molecule has 2 heteroatoms. The summed E-state index contributed by atoms with van der Waals surface area (Å²) < 4.78 is 5.72. The summed E-state index contributed by atoms with van der Waals surface area (Å²) >= 11 is 0. The summed E-state index contributed by atoms with van der Waals surface area (Å²) in [5.74, 6) is 0. The second-order valence-corrected chi connectivity index (χ2v) is 7.37. The van der Waals surface area contributed by atoms with Crippen molar-refractivity contribution < 1.29 is 9.84 Å². The zero-order chi connectivity index (χ0) is 15.3. The fourth-order valence-electron chi connectivity index (χ4n) is 2.93. The predicted molar refractivity (Wildman–Crippen MR) is 87.7 cm³/mol. The summed E-state index contributed by atoms with van der Waals surface area (Å²) in [6.07, 6.45) is 6.32. The third-order valence-electron chi connectivity index (χ3n) is 4.39. The van der Waals surface area contributed by atoms with E-state index in [0.29, 0.717) is 6.10 Å². The highest BCUT2D eigenvalue weighted by Gasteiger charge is 2.16. The van der Waals surface area contributed by atoms with E-state index in [-0.39, 0.29) is 11.5 Å². The summed E-state index contributed by atoms with van der Waals surface area (Å²) in [6.45, 7) is 7.57. The van der Waals surface area contributed by atoms with Crippen LogP contribution in [0, 0.1) is 0 Å². The monoisotopic (exact) mass is 290 g/mol. The molecule has 1 fully saturated rings. The van der Waals surface area contributed by atoms with Crippen molar-refractivity contribution in [3.8, 4) is 0 Å². The third kappa shape index (κ3) is 5.44. The normalized spacial score (nSPS) is 21.2. The number of hydrogen-bond acceptors (Lipinski definition) is 2. The van der Waals surface area contributed by atoms with Gasteiger partial charge in [-0.05, 0) is 55.1 Å². The van der Waals surface area contributed by atoms with E-state index in [9.17, 15) is 5.11 Å². The van der Waals surface area contributed by atoms with Crippen LogP contribution in [0.25, 0.3) is 0 Å². The highest BCUT2D eigenvalue weighted by atomic mass is 16.5. The molecule has 1 N–H and O–H groups in total. The van der Waals surface area contributed by atoms with Gasteiger partial charge in [0, 0.05) is 6.61 Å². The maximum absolute atomic E-state index is 10.2. The fourth-order valence-corrected chi connectivity index (χ4v) is 2.93. The van der Waals surface area contributed by atoms with Crippen molar-refractivity contribution in [2.24, 2.45) is 0 Å². The zero-order valence-electron chi connectivity index (χ0n) is 13.8. The highest BCUT2D eigenvalue weighted by Crippen LogP contribution is 2.23. The van der Waals surface area contributed by atoms with Crippen LogP contribution in [0.2, 0.25) is 0 Å². The van der Waals surface area contributed by atoms with Crippen molar-refractivity contribution >= 4 is 0 Å². The van der Waals surface area contributed by atoms with Gasteiger partial charge in [0.1, 0.15) is 0 Å². The van der Waals surface area contributed by atoms with Gasteiger partial charge in [-0.15, -0.1) is 0 Å². The van der Waals surface area contributed by atoms with Crippen molar-refractivity contribution in [2.75, 3.05) is 6.61 Å². The second-order valence-electron chi connectivity index (χ2n) is 7.37. The van der Waals surface area contributed by atoms with Crippen LogP contribution in [0.4, 0.5) is 0 Å². The first-order valence-electron chi connectivity index (χ1n) is 8.34. The minimum atomic E-state index is -0.254. The number of benzene rings is 1. The lowest BCUT2D eigenvalue weighted by molar-refractivity contribution is 0.00234. The van der Waals surface area contributed by atoms with Crippen LogP contribution in [-0.2, 0) is 16.6 Å². The topological polar surface area (TPSA) is 29.5 Å². The summed E-state index contributed by atoms with van der Waals surface area (Å²) in [7, 11) is 0. The third-order valence-corrected chi connectivity index (χ3v) is 4.39. The van der Waals surface area contributed by atoms with Crippen LogP contribution >= 0.6 is 0 Å². The Hall–Kier alpha value is -0.860. The second kappa shape index (κ2) is 7.42. The van der Waals surface area contributed by atoms with Crippen molar-refractivity contribution in [3.05, 3.63) is 35.4 Å². The van der Waals surface area contributed by atoms with Gasteiger partial charge in [0.15, 0.2) is 0 Å². The molecule has 1 aliphatic heterocycles. The quantitative estimate of drug-likeness (QED) is 0.879. The largest absolute Gasteiger partial charge is 0.393 e. The molecule has 21 heavy (non-hydrogen) atoms. The van der Waals surface area contributed by atoms with E-state index in [1.807, 2.05) is 0 Å². The van der Waals surface area contributed by atoms with E-state index in [1.165, 1.54) is 24.0 Å². The Kier molecular flexibility index (Phi) is 5.83. The van der Waals surface area contributed by atoms with Crippen molar-refractivity contribution in [1.29, 1.82) is 0 Å². The molecular weight excluding hydrogens is 260 g/mol. The first-order valence-corrected chi connectivity index (χ1v) is 8.34. The zero-order valence-corrected chi connectivity index (χ0v) is 13.8. The molecule has 1 aromatic rings. The molecule has 0 spiro atoms. The molecule has 118 valence electrons. The highest BCUT2D eigenvalue weighted by molar-refractivity contribution is 5.27. The first-order chi connectivity index (χ1) is 9.95. The Balaban J connectivity index is 1.78. The van der Waals surface area contributed by atoms with Gasteiger partial charge < -0.3 is 9.84 Å². The van der Waals surface area contributed by atoms with Gasteiger partial charge >= 0.3 is 0 Å². The van der Waals surface area contributed by atoms with E-state index < -0.39 is 0 Å². The van der Waals surface area contributed by atoms with Gasteiger partial charge in [-0.25, -0.2) is 0 Å². The summed E-state index contributed by atoms with van der Waals surface area (Å²) in [5, 5.41) is 10.2. The van der Waals surface area contributed by atoms with Crippen LogP contribution in [0.3, 0.4) is 0 Å². The average molecular weight is 290 g/mol. The molecule has 0 aliphatic carbocycles. The van der Waals surface area contributed by atoms with Gasteiger partial charge in [0.2, 0.25) is 0 Å². The molecule has 2 unspecified atom stereocenters. The van der Waals surface area contributed by atoms with Gasteiger partial charge in [-0.3, -0.25) is 0 Å². The molecule has 1 aromatic carbocycles. The van der Waals surface area contributed by atoms with E-state index in [0.717, 1.165) is 32.3 Å². The molecule has 0 aromatic heterocycles. The number of ether oxygens (including phenoxy) is 1. The predicted octanol–water partition coefficient (Wildman–Crippen LogP) is 4.24. The smallest absolute Gasteiger partial charge is 0.0581 e. The molecule has 0 radical (unpaired) electrons. The minimum absolute atomic E-state index is 0.190. The maximum atomic E-state index is 10.2. The molecule has 1 heterocycles. The van der Waals surface area contributed by atoms with Crippen molar-refractivity contribution in [1.82, 2.24) is 0 Å².